The molecule has 0 saturated heterocycles. The van der Waals surface area contributed by atoms with Gasteiger partial charge in [0, 0.05) is 0 Å². The van der Waals surface area contributed by atoms with Crippen molar-refractivity contribution in [2.24, 2.45) is 0 Å². The van der Waals surface area contributed by atoms with Gasteiger partial charge in [-0.15, -0.1) is 6.58 Å². The lowest BCUT2D eigenvalue weighted by Gasteiger charge is -2.26. The molecule has 0 aromatic rings. The van der Waals surface area contributed by atoms with Gasteiger partial charge in [-0.2, -0.15) is 0 Å². The Kier molecular flexibility index (Phi) is 7.45. The topological polar surface area (TPSA) is 0 Å². The van der Waals surface area contributed by atoms with Crippen LogP contribution in [0.1, 0.15) is 40.0 Å². The van der Waals surface area contributed by atoms with Crippen LogP contribution in [-0.4, -0.2) is 8.07 Å². The molecule has 0 aliphatic carbocycles. The van der Waals surface area contributed by atoms with E-state index in [1.165, 1.54) is 24.0 Å². The lowest BCUT2D eigenvalue weighted by Crippen LogP contribution is -2.26. The molecule has 0 radical (unpaired) electrons. The van der Waals surface area contributed by atoms with E-state index in [0.717, 1.165) is 12.0 Å². The lowest BCUT2D eigenvalue weighted by atomic mass is 10.1. The Labute approximate surface area is 110 Å². The van der Waals surface area contributed by atoms with Crippen LogP contribution >= 0.6 is 0 Å². The minimum Gasteiger partial charge on any atom is -0.103 e. The fourth-order valence-electron chi connectivity index (χ4n) is 1.87. The lowest BCUT2D eigenvalue weighted by molar-refractivity contribution is 0.920. The van der Waals surface area contributed by atoms with Crippen LogP contribution in [0.4, 0.5) is 0 Å². The van der Waals surface area contributed by atoms with Gasteiger partial charge in [0.15, 0.2) is 0 Å². The van der Waals surface area contributed by atoms with Gasteiger partial charge in [-0.05, 0) is 45.6 Å². The molecule has 98 valence electrons. The first-order valence-corrected chi connectivity index (χ1v) is 10.3. The highest BCUT2D eigenvalue weighted by Gasteiger charge is 2.23. The van der Waals surface area contributed by atoms with Gasteiger partial charge in [-0.3, -0.25) is 0 Å². The zero-order chi connectivity index (χ0) is 13.5. The summed E-state index contributed by atoms with van der Waals surface area (Å²) in [4.78, 5) is 0. The fourth-order valence-corrected chi connectivity index (χ4v) is 3.52. The molecular weight excluding hydrogens is 220 g/mol. The standard InChI is InChI=1S/C16H30Si/c1-8-10-16(17(5,6)7)13-15(4)12-9-11-14(2)3/h8,11,13,16H,1,9-10,12H2,2-7H3/b15-13+. The third-order valence-corrected chi connectivity index (χ3v) is 5.74. The minimum atomic E-state index is -1.09. The third-order valence-electron chi connectivity index (χ3n) is 3.11. The largest absolute Gasteiger partial charge is 0.103 e. The highest BCUT2D eigenvalue weighted by molar-refractivity contribution is 6.78. The highest BCUT2D eigenvalue weighted by Crippen LogP contribution is 2.29. The maximum atomic E-state index is 3.89. The Morgan fingerprint density at radius 1 is 1.18 bits per heavy atom. The summed E-state index contributed by atoms with van der Waals surface area (Å²) in [6.07, 6.45) is 10.4. The van der Waals surface area contributed by atoms with Gasteiger partial charge >= 0.3 is 0 Å². The molecule has 0 aliphatic heterocycles. The van der Waals surface area contributed by atoms with E-state index in [-0.39, 0.29) is 0 Å². The van der Waals surface area contributed by atoms with Crippen molar-refractivity contribution in [3.8, 4) is 0 Å². The smallest absolute Gasteiger partial charge is 0.0517 e. The molecule has 0 aliphatic rings. The van der Waals surface area contributed by atoms with Crippen LogP contribution in [0.3, 0.4) is 0 Å². The number of hydrogen-bond acceptors (Lipinski definition) is 0. The van der Waals surface area contributed by atoms with E-state index >= 15 is 0 Å². The van der Waals surface area contributed by atoms with Crippen LogP contribution in [0.25, 0.3) is 0 Å². The summed E-state index contributed by atoms with van der Waals surface area (Å²) in [6, 6.07) is 0. The summed E-state index contributed by atoms with van der Waals surface area (Å²) >= 11 is 0. The Morgan fingerprint density at radius 3 is 2.18 bits per heavy atom. The quantitative estimate of drug-likeness (QED) is 0.386. The summed E-state index contributed by atoms with van der Waals surface area (Å²) < 4.78 is 0. The van der Waals surface area contributed by atoms with Crippen molar-refractivity contribution in [2.45, 2.75) is 65.2 Å². The summed E-state index contributed by atoms with van der Waals surface area (Å²) in [5.74, 6) is 0. The maximum absolute atomic E-state index is 3.89. The van der Waals surface area contributed by atoms with Crippen LogP contribution in [0.15, 0.2) is 36.0 Å². The van der Waals surface area contributed by atoms with Crippen LogP contribution in [0, 0.1) is 0 Å². The first kappa shape index (κ1) is 16.4. The predicted molar refractivity (Wildman–Crippen MR) is 84.3 cm³/mol. The first-order chi connectivity index (χ1) is 7.77. The molecular formula is C16H30Si. The molecule has 17 heavy (non-hydrogen) atoms. The van der Waals surface area contributed by atoms with E-state index in [9.17, 15) is 0 Å². The third kappa shape index (κ3) is 8.20. The summed E-state index contributed by atoms with van der Waals surface area (Å²) in [7, 11) is -1.09. The number of allylic oxidation sites excluding steroid dienone is 5. The summed E-state index contributed by atoms with van der Waals surface area (Å²) in [5, 5.41) is 0. The normalized spacial score (nSPS) is 14.4. The predicted octanol–water partition coefficient (Wildman–Crippen LogP) is 5.96. The SMILES string of the molecule is C=CCC(/C=C(\C)CCC=C(C)C)[Si](C)(C)C. The Balaban J connectivity index is 4.49. The summed E-state index contributed by atoms with van der Waals surface area (Å²) in [5.41, 5.74) is 3.70. The van der Waals surface area contributed by atoms with Crippen molar-refractivity contribution in [3.05, 3.63) is 36.0 Å². The van der Waals surface area contributed by atoms with E-state index in [4.69, 9.17) is 0 Å². The molecule has 0 nitrogen and oxygen atoms in total. The van der Waals surface area contributed by atoms with Gasteiger partial charge in [-0.25, -0.2) is 0 Å². The molecule has 0 rings (SSSR count). The second kappa shape index (κ2) is 7.70. The average Bonchev–Trinajstić information content (AvgIpc) is 2.15. The van der Waals surface area contributed by atoms with Crippen molar-refractivity contribution in [3.63, 3.8) is 0 Å². The van der Waals surface area contributed by atoms with Gasteiger partial charge in [0.25, 0.3) is 0 Å². The van der Waals surface area contributed by atoms with Gasteiger partial charge in [0.1, 0.15) is 0 Å². The molecule has 0 aromatic carbocycles. The van der Waals surface area contributed by atoms with Crippen molar-refractivity contribution < 1.29 is 0 Å². The zero-order valence-corrected chi connectivity index (χ0v) is 13.6. The molecule has 0 aromatic heterocycles. The van der Waals surface area contributed by atoms with Gasteiger partial charge < -0.3 is 0 Å². The van der Waals surface area contributed by atoms with E-state index in [2.05, 4.69) is 65.2 Å². The zero-order valence-electron chi connectivity index (χ0n) is 12.6. The minimum absolute atomic E-state index is 0.742. The fraction of sp³-hybridized carbons (Fsp3) is 0.625. The molecule has 0 N–H and O–H groups in total. The van der Waals surface area contributed by atoms with Crippen LogP contribution in [-0.2, 0) is 0 Å². The van der Waals surface area contributed by atoms with Crippen LogP contribution in [0.5, 0.6) is 0 Å². The average molecular weight is 251 g/mol. The van der Waals surface area contributed by atoms with Gasteiger partial charge in [-0.1, -0.05) is 49.0 Å². The van der Waals surface area contributed by atoms with E-state index < -0.39 is 8.07 Å². The molecule has 1 unspecified atom stereocenters. The Hall–Kier alpha value is -0.563. The van der Waals surface area contributed by atoms with Crippen LogP contribution in [0.2, 0.25) is 25.2 Å². The molecule has 1 heteroatoms. The monoisotopic (exact) mass is 250 g/mol. The number of hydrogen-bond donors (Lipinski definition) is 0. The highest BCUT2D eigenvalue weighted by atomic mass is 28.3. The van der Waals surface area contributed by atoms with Gasteiger partial charge in [0.05, 0.1) is 8.07 Å². The molecule has 0 fully saturated rings. The molecule has 0 spiro atoms. The van der Waals surface area contributed by atoms with Crippen molar-refractivity contribution in [1.82, 2.24) is 0 Å². The first-order valence-electron chi connectivity index (χ1n) is 6.69. The molecule has 1 atom stereocenters. The molecule has 0 saturated carbocycles. The van der Waals surface area contributed by atoms with Crippen molar-refractivity contribution in [1.29, 1.82) is 0 Å². The van der Waals surface area contributed by atoms with Crippen molar-refractivity contribution >= 4 is 8.07 Å². The van der Waals surface area contributed by atoms with E-state index in [1.807, 2.05) is 0 Å². The van der Waals surface area contributed by atoms with E-state index in [0.29, 0.717) is 0 Å². The molecule has 0 amide bonds. The maximum Gasteiger partial charge on any atom is 0.0517 e. The Morgan fingerprint density at radius 2 is 1.76 bits per heavy atom. The number of rotatable bonds is 7. The van der Waals surface area contributed by atoms with Crippen LogP contribution < -0.4 is 0 Å². The summed E-state index contributed by atoms with van der Waals surface area (Å²) in [6.45, 7) is 17.8. The second-order valence-corrected chi connectivity index (χ2v) is 11.8. The molecule has 0 heterocycles. The van der Waals surface area contributed by atoms with Crippen molar-refractivity contribution in [2.75, 3.05) is 0 Å². The van der Waals surface area contributed by atoms with E-state index in [1.54, 1.807) is 0 Å². The Bertz CT molecular complexity index is 285. The van der Waals surface area contributed by atoms with Gasteiger partial charge in [0.2, 0.25) is 0 Å². The molecule has 0 bridgehead atoms. The second-order valence-electron chi connectivity index (χ2n) is 6.33.